The number of ether oxygens (including phenoxy) is 1. The van der Waals surface area contributed by atoms with Gasteiger partial charge >= 0.3 is 6.09 Å². The topological polar surface area (TPSA) is 55.3 Å². The Morgan fingerprint density at radius 1 is 1.38 bits per heavy atom. The second kappa shape index (κ2) is 6.64. The Kier molecular flexibility index (Phi) is 5.08. The first kappa shape index (κ1) is 16.1. The van der Waals surface area contributed by atoms with Crippen LogP contribution >= 0.6 is 11.8 Å². The van der Waals surface area contributed by atoms with Gasteiger partial charge in [-0.15, -0.1) is 0 Å². The van der Waals surface area contributed by atoms with Crippen molar-refractivity contribution in [2.24, 2.45) is 0 Å². The number of hydrogen-bond donors (Lipinski definition) is 0. The molecule has 0 unspecified atom stereocenters. The number of carbonyl (C=O) groups is 1. The normalized spacial score (nSPS) is 19.4. The molecular weight excluding hydrogens is 286 g/mol. The first-order valence-electron chi connectivity index (χ1n) is 7.27. The first-order chi connectivity index (χ1) is 9.85. The van der Waals surface area contributed by atoms with Crippen molar-refractivity contribution in [3.8, 4) is 0 Å². The Hall–Kier alpha value is -1.30. The molecule has 2 heterocycles. The highest BCUT2D eigenvalue weighted by Crippen LogP contribution is 2.29. The van der Waals surface area contributed by atoms with Crippen LogP contribution in [-0.4, -0.2) is 44.9 Å². The van der Waals surface area contributed by atoms with Crippen LogP contribution in [0.3, 0.4) is 0 Å². The monoisotopic (exact) mass is 309 g/mol. The minimum atomic E-state index is -0.446. The summed E-state index contributed by atoms with van der Waals surface area (Å²) in [5.74, 6) is 0. The van der Waals surface area contributed by atoms with Crippen LogP contribution in [0.25, 0.3) is 0 Å². The number of hydrogen-bond acceptors (Lipinski definition) is 5. The molecule has 1 aliphatic heterocycles. The first-order valence-corrected chi connectivity index (χ1v) is 8.15. The molecule has 1 aromatic rings. The van der Waals surface area contributed by atoms with E-state index in [1.54, 1.807) is 29.1 Å². The molecule has 1 amide bonds. The van der Waals surface area contributed by atoms with E-state index >= 15 is 0 Å². The average molecular weight is 309 g/mol. The van der Waals surface area contributed by atoms with E-state index in [-0.39, 0.29) is 6.09 Å². The third-order valence-electron chi connectivity index (χ3n) is 3.14. The highest BCUT2D eigenvalue weighted by Gasteiger charge is 2.28. The minimum absolute atomic E-state index is 0.219. The molecule has 1 aromatic heterocycles. The van der Waals surface area contributed by atoms with Crippen LogP contribution in [0.2, 0.25) is 0 Å². The molecule has 0 radical (unpaired) electrons. The number of rotatable bonds is 2. The SMILES string of the molecule is Cc1nccnc1S[C@@H]1CCCN(C(=O)OC(C)(C)C)C1. The highest BCUT2D eigenvalue weighted by atomic mass is 32.2. The summed E-state index contributed by atoms with van der Waals surface area (Å²) in [6.07, 6.45) is 5.27. The lowest BCUT2D eigenvalue weighted by Gasteiger charge is -2.33. The van der Waals surface area contributed by atoms with Gasteiger partial charge in [-0.2, -0.15) is 0 Å². The summed E-state index contributed by atoms with van der Waals surface area (Å²) in [5.41, 5.74) is 0.496. The summed E-state index contributed by atoms with van der Waals surface area (Å²) in [5, 5.41) is 1.30. The molecule has 0 saturated carbocycles. The molecular formula is C15H23N3O2S. The van der Waals surface area contributed by atoms with Crippen LogP contribution in [0.1, 0.15) is 39.3 Å². The summed E-state index contributed by atoms with van der Waals surface area (Å²) in [7, 11) is 0. The molecule has 1 fully saturated rings. The van der Waals surface area contributed by atoms with E-state index in [0.717, 1.165) is 30.1 Å². The van der Waals surface area contributed by atoms with Crippen molar-refractivity contribution in [3.05, 3.63) is 18.1 Å². The molecule has 1 atom stereocenters. The zero-order valence-corrected chi connectivity index (χ0v) is 13.9. The van der Waals surface area contributed by atoms with Crippen LogP contribution in [0.15, 0.2) is 17.4 Å². The summed E-state index contributed by atoms with van der Waals surface area (Å²) >= 11 is 1.71. The Morgan fingerprint density at radius 2 is 2.10 bits per heavy atom. The molecule has 116 valence electrons. The van der Waals surface area contributed by atoms with Crippen LogP contribution in [0, 0.1) is 6.92 Å². The number of likely N-dealkylation sites (tertiary alicyclic amines) is 1. The van der Waals surface area contributed by atoms with Gasteiger partial charge in [-0.3, -0.25) is 4.98 Å². The Morgan fingerprint density at radius 3 is 2.76 bits per heavy atom. The highest BCUT2D eigenvalue weighted by molar-refractivity contribution is 7.99. The van der Waals surface area contributed by atoms with Crippen molar-refractivity contribution in [2.75, 3.05) is 13.1 Å². The fourth-order valence-corrected chi connectivity index (χ4v) is 3.39. The zero-order valence-electron chi connectivity index (χ0n) is 13.1. The van der Waals surface area contributed by atoms with E-state index in [0.29, 0.717) is 11.8 Å². The molecule has 0 aromatic carbocycles. The molecule has 0 aliphatic carbocycles. The Labute approximate surface area is 130 Å². The third-order valence-corrected chi connectivity index (χ3v) is 4.49. The van der Waals surface area contributed by atoms with E-state index in [4.69, 9.17) is 4.74 Å². The van der Waals surface area contributed by atoms with Crippen LogP contribution in [0.4, 0.5) is 4.79 Å². The van der Waals surface area contributed by atoms with Crippen molar-refractivity contribution in [1.82, 2.24) is 14.9 Å². The van der Waals surface area contributed by atoms with E-state index < -0.39 is 5.60 Å². The molecule has 6 heteroatoms. The molecule has 5 nitrogen and oxygen atoms in total. The van der Waals surface area contributed by atoms with Gasteiger partial charge in [0.2, 0.25) is 0 Å². The fraction of sp³-hybridized carbons (Fsp3) is 0.667. The van der Waals surface area contributed by atoms with Gasteiger partial charge in [0.1, 0.15) is 10.6 Å². The maximum absolute atomic E-state index is 12.1. The largest absolute Gasteiger partial charge is 0.444 e. The van der Waals surface area contributed by atoms with Gasteiger partial charge in [-0.05, 0) is 40.5 Å². The molecule has 0 spiro atoms. The number of aromatic nitrogens is 2. The molecule has 0 N–H and O–H groups in total. The molecule has 21 heavy (non-hydrogen) atoms. The van der Waals surface area contributed by atoms with Gasteiger partial charge in [-0.1, -0.05) is 11.8 Å². The summed E-state index contributed by atoms with van der Waals surface area (Å²) < 4.78 is 5.45. The molecule has 2 rings (SSSR count). The number of carbonyl (C=O) groups excluding carboxylic acids is 1. The lowest BCUT2D eigenvalue weighted by atomic mass is 10.1. The van der Waals surface area contributed by atoms with Gasteiger partial charge in [0.05, 0.1) is 5.69 Å². The van der Waals surface area contributed by atoms with Crippen molar-refractivity contribution >= 4 is 17.9 Å². The average Bonchev–Trinajstić information content (AvgIpc) is 2.40. The quantitative estimate of drug-likeness (QED) is 0.839. The smallest absolute Gasteiger partial charge is 0.410 e. The van der Waals surface area contributed by atoms with Crippen molar-refractivity contribution in [2.45, 2.75) is 56.4 Å². The lowest BCUT2D eigenvalue weighted by Crippen LogP contribution is -2.43. The van der Waals surface area contributed by atoms with E-state index in [1.165, 1.54) is 0 Å². The van der Waals surface area contributed by atoms with E-state index in [2.05, 4.69) is 9.97 Å². The van der Waals surface area contributed by atoms with Crippen molar-refractivity contribution < 1.29 is 9.53 Å². The van der Waals surface area contributed by atoms with Gasteiger partial charge in [0.25, 0.3) is 0 Å². The number of amides is 1. The number of nitrogens with zero attached hydrogens (tertiary/aromatic N) is 3. The van der Waals surface area contributed by atoms with Crippen molar-refractivity contribution in [1.29, 1.82) is 0 Å². The summed E-state index contributed by atoms with van der Waals surface area (Å²) in [6.45, 7) is 9.11. The molecule has 1 aliphatic rings. The van der Waals surface area contributed by atoms with Crippen LogP contribution < -0.4 is 0 Å². The summed E-state index contributed by atoms with van der Waals surface area (Å²) in [4.78, 5) is 22.6. The fourth-order valence-electron chi connectivity index (χ4n) is 2.20. The Bertz CT molecular complexity index is 502. The standard InChI is InChI=1S/C15H23N3O2S/c1-11-13(17-8-7-16-11)21-12-6-5-9-18(10-12)14(19)20-15(2,3)4/h7-8,12H,5-6,9-10H2,1-4H3/t12-/m1/s1. The second-order valence-corrected chi connectivity index (χ2v) is 7.54. The minimum Gasteiger partial charge on any atom is -0.444 e. The molecule has 0 bridgehead atoms. The number of thioether (sulfide) groups is 1. The van der Waals surface area contributed by atoms with E-state index in [1.807, 2.05) is 27.7 Å². The van der Waals surface area contributed by atoms with Crippen LogP contribution in [-0.2, 0) is 4.74 Å². The molecule has 1 saturated heterocycles. The third kappa shape index (κ3) is 4.88. The maximum Gasteiger partial charge on any atom is 0.410 e. The number of aryl methyl sites for hydroxylation is 1. The van der Waals surface area contributed by atoms with Gasteiger partial charge in [-0.25, -0.2) is 9.78 Å². The summed E-state index contributed by atoms with van der Waals surface area (Å²) in [6, 6.07) is 0. The van der Waals surface area contributed by atoms with Crippen molar-refractivity contribution in [3.63, 3.8) is 0 Å². The second-order valence-electron chi connectivity index (χ2n) is 6.26. The van der Waals surface area contributed by atoms with Gasteiger partial charge in [0, 0.05) is 30.7 Å². The van der Waals surface area contributed by atoms with E-state index in [9.17, 15) is 4.79 Å². The predicted octanol–water partition coefficient (Wildman–Crippen LogP) is 3.28. The van der Waals surface area contributed by atoms with Crippen LogP contribution in [0.5, 0.6) is 0 Å². The maximum atomic E-state index is 12.1. The Balaban J connectivity index is 1.95. The van der Waals surface area contributed by atoms with Gasteiger partial charge in [0.15, 0.2) is 0 Å². The van der Waals surface area contributed by atoms with Gasteiger partial charge < -0.3 is 9.64 Å². The predicted molar refractivity (Wildman–Crippen MR) is 83.5 cm³/mol. The lowest BCUT2D eigenvalue weighted by molar-refractivity contribution is 0.0220. The number of piperidine rings is 1. The zero-order chi connectivity index (χ0) is 15.5.